The summed E-state index contributed by atoms with van der Waals surface area (Å²) in [5.41, 5.74) is 0. The largest absolute Gasteiger partial charge is 4.00 e. The molecule has 0 aromatic rings. The summed E-state index contributed by atoms with van der Waals surface area (Å²) in [5, 5.41) is 16.0. The molecule has 62 valence electrons. The fraction of sp³-hybridized carbons (Fsp3) is 1.00. The maximum Gasteiger partial charge on any atom is 4.00 e. The Balaban J connectivity index is -0.00000000800. The molecule has 0 aliphatic carbocycles. The van der Waals surface area contributed by atoms with Crippen LogP contribution in [0.1, 0.15) is 6.92 Å². The van der Waals surface area contributed by atoms with Crippen molar-refractivity contribution in [3.63, 3.8) is 0 Å². The van der Waals surface area contributed by atoms with Gasteiger partial charge in [-0.15, -0.1) is 0 Å². The van der Waals surface area contributed by atoms with Gasteiger partial charge in [-0.05, 0) is 6.92 Å². The van der Waals surface area contributed by atoms with E-state index in [2.05, 4.69) is 0 Å². The smallest absolute Gasteiger partial charge is 2.00 e. The number of hydrogen-bond donors (Lipinski definition) is 2. The zero-order valence-corrected chi connectivity index (χ0v) is 7.92. The van der Waals surface area contributed by atoms with Crippen LogP contribution in [0.25, 0.3) is 0 Å². The minimum atomic E-state index is -0.560. The van der Waals surface area contributed by atoms with Gasteiger partial charge in [0.1, 0.15) is 0 Å². The minimum absolute atomic E-state index is 0. The van der Waals surface area contributed by atoms with Crippen LogP contribution in [-0.4, -0.2) is 22.9 Å². The van der Waals surface area contributed by atoms with Gasteiger partial charge >= 0.3 is 38.8 Å². The molecule has 10 heavy (non-hydrogen) atoms. The van der Waals surface area contributed by atoms with Gasteiger partial charge in [0.05, 0.1) is 12.7 Å². The fourth-order valence-electron chi connectivity index (χ4n) is 0. The average molecular weight is 228 g/mol. The van der Waals surface area contributed by atoms with Gasteiger partial charge in [-0.25, -0.2) is 0 Å². The van der Waals surface area contributed by atoms with E-state index in [1.54, 1.807) is 0 Å². The van der Waals surface area contributed by atoms with Crippen molar-refractivity contribution in [2.24, 2.45) is 0 Å². The van der Waals surface area contributed by atoms with E-state index in [1.807, 2.05) is 0 Å². The summed E-state index contributed by atoms with van der Waals surface area (Å²) in [6.07, 6.45) is -0.560. The predicted molar refractivity (Wildman–Crippen MR) is 20.8 cm³/mol. The number of hydrogen-bond acceptors (Lipinski definition) is 2. The molecular weight excluding hydrogens is 220 g/mol. The van der Waals surface area contributed by atoms with Crippen LogP contribution in [0, 0.1) is 0 Å². The normalized spacial score (nSPS) is 7.50. The van der Waals surface area contributed by atoms with Crippen molar-refractivity contribution in [2.75, 3.05) is 6.61 Å². The second kappa shape index (κ2) is 32.3. The van der Waals surface area contributed by atoms with Gasteiger partial charge in [0.25, 0.3) is 0 Å². The van der Waals surface area contributed by atoms with Crippen molar-refractivity contribution in [3.8, 4) is 0 Å². The van der Waals surface area contributed by atoms with Crippen LogP contribution in [0.2, 0.25) is 0 Å². The van der Waals surface area contributed by atoms with Crippen molar-refractivity contribution in [1.82, 2.24) is 0 Å². The maximum absolute atomic E-state index is 8.11. The molecule has 0 radical (unpaired) electrons. The third-order valence-corrected chi connectivity index (χ3v) is 0.264. The Morgan fingerprint density at radius 1 is 1.20 bits per heavy atom. The molecule has 1 atom stereocenters. The molecule has 0 bridgehead atoms. The van der Waals surface area contributed by atoms with Crippen LogP contribution in [0.3, 0.4) is 0 Å². The summed E-state index contributed by atoms with van der Waals surface area (Å²) < 4.78 is 0. The van der Waals surface area contributed by atoms with Gasteiger partial charge < -0.3 is 26.6 Å². The molecule has 0 heterocycles. The van der Waals surface area contributed by atoms with E-state index in [4.69, 9.17) is 10.2 Å². The SMILES string of the molecule is CC(O)CO.[Fe+2].[O-2].[O-2].[O-2].[Ti+4]. The molecule has 0 saturated heterocycles. The van der Waals surface area contributed by atoms with Gasteiger partial charge in [0.2, 0.25) is 0 Å². The first-order chi connectivity index (χ1) is 2.27. The van der Waals surface area contributed by atoms with E-state index in [0.29, 0.717) is 0 Å². The standard InChI is InChI=1S/C3H8O2.Fe.3O.Ti/c1-3(5)2-4;;;;;/h3-5H,2H2,1H3;;;;;/q;+2;3*-2;+4. The zero-order valence-electron chi connectivity index (χ0n) is 5.26. The van der Waals surface area contributed by atoms with Crippen LogP contribution in [0.5, 0.6) is 0 Å². The third kappa shape index (κ3) is 63.3. The number of aliphatic hydroxyl groups is 2. The molecule has 0 amide bonds. The van der Waals surface area contributed by atoms with Crippen LogP contribution >= 0.6 is 0 Å². The molecular formula is C3H8FeO5Ti. The Hall–Kier alpha value is 1.03. The third-order valence-electron chi connectivity index (χ3n) is 0.264. The molecule has 0 saturated carbocycles. The first kappa shape index (κ1) is 43.8. The second-order valence-electron chi connectivity index (χ2n) is 1.03. The molecule has 1 unspecified atom stereocenters. The zero-order chi connectivity index (χ0) is 4.28. The van der Waals surface area contributed by atoms with Crippen LogP contribution < -0.4 is 0 Å². The van der Waals surface area contributed by atoms with Gasteiger partial charge in [0.15, 0.2) is 0 Å². The van der Waals surface area contributed by atoms with E-state index in [9.17, 15) is 0 Å². The summed E-state index contributed by atoms with van der Waals surface area (Å²) in [4.78, 5) is 0. The second-order valence-corrected chi connectivity index (χ2v) is 1.03. The topological polar surface area (TPSA) is 126 Å². The van der Waals surface area contributed by atoms with Crippen LogP contribution in [-0.2, 0) is 55.2 Å². The van der Waals surface area contributed by atoms with Crippen LogP contribution in [0.15, 0.2) is 0 Å². The summed E-state index contributed by atoms with van der Waals surface area (Å²) in [6, 6.07) is 0. The Morgan fingerprint density at radius 3 is 1.30 bits per heavy atom. The molecule has 0 rings (SSSR count). The first-order valence-corrected chi connectivity index (χ1v) is 1.56. The molecule has 0 aromatic carbocycles. The molecule has 5 nitrogen and oxygen atoms in total. The van der Waals surface area contributed by atoms with E-state index < -0.39 is 6.10 Å². The first-order valence-electron chi connectivity index (χ1n) is 1.56. The number of rotatable bonds is 1. The molecule has 2 N–H and O–H groups in total. The Morgan fingerprint density at radius 2 is 1.30 bits per heavy atom. The van der Waals surface area contributed by atoms with Gasteiger partial charge in [-0.3, -0.25) is 0 Å². The fourth-order valence-corrected chi connectivity index (χ4v) is 0. The Kier molecular flexibility index (Phi) is 142. The Bertz CT molecular complexity index is 30.9. The summed E-state index contributed by atoms with van der Waals surface area (Å²) in [7, 11) is 0. The minimum Gasteiger partial charge on any atom is -2.00 e. The Labute approximate surface area is 85.1 Å². The average Bonchev–Trinajstić information content (AvgIpc) is 1.38. The van der Waals surface area contributed by atoms with E-state index in [0.717, 1.165) is 0 Å². The predicted octanol–water partition coefficient (Wildman–Crippen LogP) is -1.00. The molecule has 0 fully saturated rings. The molecule has 0 spiro atoms. The molecule has 0 aromatic heterocycles. The molecule has 0 aliphatic heterocycles. The van der Waals surface area contributed by atoms with Crippen molar-refractivity contribution in [1.29, 1.82) is 0 Å². The summed E-state index contributed by atoms with van der Waals surface area (Å²) in [5.74, 6) is 0. The summed E-state index contributed by atoms with van der Waals surface area (Å²) >= 11 is 0. The van der Waals surface area contributed by atoms with Crippen molar-refractivity contribution in [2.45, 2.75) is 13.0 Å². The van der Waals surface area contributed by atoms with E-state index in [-0.39, 0.29) is 61.8 Å². The van der Waals surface area contributed by atoms with E-state index in [1.165, 1.54) is 6.92 Å². The quantitative estimate of drug-likeness (QED) is 0.558. The van der Waals surface area contributed by atoms with Gasteiger partial charge in [0, 0.05) is 0 Å². The monoisotopic (exact) mass is 228 g/mol. The van der Waals surface area contributed by atoms with Crippen molar-refractivity contribution in [3.05, 3.63) is 0 Å². The van der Waals surface area contributed by atoms with Gasteiger partial charge in [-0.2, -0.15) is 0 Å². The summed E-state index contributed by atoms with van der Waals surface area (Å²) in [6.45, 7) is 1.39. The maximum atomic E-state index is 8.11. The van der Waals surface area contributed by atoms with Crippen LogP contribution in [0.4, 0.5) is 0 Å². The van der Waals surface area contributed by atoms with E-state index >= 15 is 0 Å². The van der Waals surface area contributed by atoms with Crippen molar-refractivity contribution < 1.29 is 65.4 Å². The van der Waals surface area contributed by atoms with Gasteiger partial charge in [-0.1, -0.05) is 0 Å². The van der Waals surface area contributed by atoms with Crippen molar-refractivity contribution >= 4 is 0 Å². The molecule has 0 aliphatic rings. The number of aliphatic hydroxyl groups excluding tert-OH is 2. The molecule has 7 heteroatoms.